The van der Waals surface area contributed by atoms with Crippen LogP contribution in [0.5, 0.6) is 0 Å². The predicted molar refractivity (Wildman–Crippen MR) is 77.6 cm³/mol. The molecule has 106 valence electrons. The second-order valence-corrected chi connectivity index (χ2v) is 3.86. The lowest BCUT2D eigenvalue weighted by Crippen LogP contribution is -2.37. The molecule has 5 nitrogen and oxygen atoms in total. The molecule has 0 aliphatic carbocycles. The van der Waals surface area contributed by atoms with Gasteiger partial charge in [-0.25, -0.2) is 0 Å². The zero-order chi connectivity index (χ0) is 13.2. The van der Waals surface area contributed by atoms with Gasteiger partial charge in [-0.15, -0.1) is 12.4 Å². The van der Waals surface area contributed by atoms with E-state index in [4.69, 9.17) is 0 Å². The lowest BCUT2D eigenvalue weighted by Gasteiger charge is -2.06. The fourth-order valence-electron chi connectivity index (χ4n) is 1.41. The minimum atomic E-state index is -0.235. The Morgan fingerprint density at radius 1 is 1.05 bits per heavy atom. The molecule has 19 heavy (non-hydrogen) atoms. The fraction of sp³-hybridized carbons (Fsp3) is 0.385. The van der Waals surface area contributed by atoms with Crippen LogP contribution in [-0.2, 0) is 4.79 Å². The van der Waals surface area contributed by atoms with Gasteiger partial charge in [0.2, 0.25) is 5.91 Å². The zero-order valence-electron chi connectivity index (χ0n) is 10.9. The third-order valence-electron chi connectivity index (χ3n) is 2.37. The SMILES string of the molecule is CNCCCNC(=O)CNC(=O)c1ccccc1.Cl. The summed E-state index contributed by atoms with van der Waals surface area (Å²) in [6.07, 6.45) is 0.870. The number of benzene rings is 1. The molecule has 0 atom stereocenters. The van der Waals surface area contributed by atoms with Gasteiger partial charge in [0, 0.05) is 12.1 Å². The van der Waals surface area contributed by atoms with Crippen molar-refractivity contribution < 1.29 is 9.59 Å². The molecule has 0 unspecified atom stereocenters. The topological polar surface area (TPSA) is 70.2 Å². The first-order valence-electron chi connectivity index (χ1n) is 5.98. The largest absolute Gasteiger partial charge is 0.355 e. The first-order chi connectivity index (χ1) is 8.74. The van der Waals surface area contributed by atoms with Crippen molar-refractivity contribution in [2.24, 2.45) is 0 Å². The van der Waals surface area contributed by atoms with Crippen molar-refractivity contribution >= 4 is 24.2 Å². The number of halogens is 1. The van der Waals surface area contributed by atoms with E-state index < -0.39 is 0 Å². The molecule has 2 amide bonds. The zero-order valence-corrected chi connectivity index (χ0v) is 11.8. The van der Waals surface area contributed by atoms with Crippen molar-refractivity contribution in [3.8, 4) is 0 Å². The van der Waals surface area contributed by atoms with Gasteiger partial charge < -0.3 is 16.0 Å². The number of hydrogen-bond donors (Lipinski definition) is 3. The Morgan fingerprint density at radius 2 is 1.74 bits per heavy atom. The molecule has 0 saturated carbocycles. The Bertz CT molecular complexity index is 385. The van der Waals surface area contributed by atoms with E-state index in [2.05, 4.69) is 16.0 Å². The van der Waals surface area contributed by atoms with Crippen LogP contribution in [0.25, 0.3) is 0 Å². The summed E-state index contributed by atoms with van der Waals surface area (Å²) in [7, 11) is 1.86. The molecule has 0 aliphatic rings. The Balaban J connectivity index is 0.00000324. The summed E-state index contributed by atoms with van der Waals surface area (Å²) in [6.45, 7) is 1.48. The van der Waals surface area contributed by atoms with Crippen molar-refractivity contribution in [2.45, 2.75) is 6.42 Å². The van der Waals surface area contributed by atoms with E-state index in [0.717, 1.165) is 13.0 Å². The summed E-state index contributed by atoms with van der Waals surface area (Å²) in [5.41, 5.74) is 0.556. The van der Waals surface area contributed by atoms with Gasteiger partial charge in [0.05, 0.1) is 6.54 Å². The van der Waals surface area contributed by atoms with Gasteiger partial charge in [-0.3, -0.25) is 9.59 Å². The number of nitrogens with one attached hydrogen (secondary N) is 3. The number of amides is 2. The number of carbonyl (C=O) groups is 2. The quantitative estimate of drug-likeness (QED) is 0.641. The van der Waals surface area contributed by atoms with E-state index in [-0.39, 0.29) is 30.8 Å². The standard InChI is InChI=1S/C13H19N3O2.ClH/c1-14-8-5-9-15-12(17)10-16-13(18)11-6-3-2-4-7-11;/h2-4,6-7,14H,5,8-10H2,1H3,(H,15,17)(H,16,18);1H. The van der Waals surface area contributed by atoms with Crippen LogP contribution in [0, 0.1) is 0 Å². The van der Waals surface area contributed by atoms with Crippen LogP contribution in [0.1, 0.15) is 16.8 Å². The van der Waals surface area contributed by atoms with Crippen molar-refractivity contribution in [3.05, 3.63) is 35.9 Å². The normalized spacial score (nSPS) is 9.32. The third-order valence-corrected chi connectivity index (χ3v) is 2.37. The highest BCUT2D eigenvalue weighted by molar-refractivity contribution is 5.96. The third kappa shape index (κ3) is 7.43. The average Bonchev–Trinajstić information content (AvgIpc) is 2.42. The molecule has 1 aromatic rings. The first kappa shape index (κ1) is 17.4. The van der Waals surface area contributed by atoms with Crippen molar-refractivity contribution in [1.29, 1.82) is 0 Å². The molecule has 1 aromatic carbocycles. The van der Waals surface area contributed by atoms with Gasteiger partial charge >= 0.3 is 0 Å². The van der Waals surface area contributed by atoms with E-state index in [1.54, 1.807) is 24.3 Å². The Labute approximate surface area is 119 Å². The molecule has 6 heteroatoms. The van der Waals surface area contributed by atoms with Gasteiger partial charge in [0.25, 0.3) is 5.91 Å². The average molecular weight is 286 g/mol. The highest BCUT2D eigenvalue weighted by Gasteiger charge is 2.06. The molecule has 0 heterocycles. The Morgan fingerprint density at radius 3 is 2.37 bits per heavy atom. The summed E-state index contributed by atoms with van der Waals surface area (Å²) in [4.78, 5) is 23.0. The molecule has 0 saturated heterocycles. The van der Waals surface area contributed by atoms with E-state index in [1.165, 1.54) is 0 Å². The van der Waals surface area contributed by atoms with E-state index in [1.807, 2.05) is 13.1 Å². The highest BCUT2D eigenvalue weighted by atomic mass is 35.5. The predicted octanol–water partition coefficient (Wildman–Crippen LogP) is 0.564. The van der Waals surface area contributed by atoms with Gasteiger partial charge in [0.1, 0.15) is 0 Å². The lowest BCUT2D eigenvalue weighted by molar-refractivity contribution is -0.120. The molecule has 0 aromatic heterocycles. The maximum absolute atomic E-state index is 11.6. The summed E-state index contributed by atoms with van der Waals surface area (Å²) in [6, 6.07) is 8.82. The number of hydrogen-bond acceptors (Lipinski definition) is 3. The smallest absolute Gasteiger partial charge is 0.251 e. The van der Waals surface area contributed by atoms with Gasteiger partial charge in [-0.2, -0.15) is 0 Å². The van der Waals surface area contributed by atoms with Crippen LogP contribution in [0.3, 0.4) is 0 Å². The highest BCUT2D eigenvalue weighted by Crippen LogP contribution is 1.97. The summed E-state index contributed by atoms with van der Waals surface area (Å²) >= 11 is 0. The monoisotopic (exact) mass is 285 g/mol. The number of rotatable bonds is 7. The molecular weight excluding hydrogens is 266 g/mol. The lowest BCUT2D eigenvalue weighted by atomic mass is 10.2. The van der Waals surface area contributed by atoms with Crippen LogP contribution in [-0.4, -0.2) is 38.5 Å². The molecule has 0 bridgehead atoms. The maximum Gasteiger partial charge on any atom is 0.251 e. The van der Waals surface area contributed by atoms with Crippen LogP contribution >= 0.6 is 12.4 Å². The molecule has 0 aliphatic heterocycles. The van der Waals surface area contributed by atoms with Crippen molar-refractivity contribution in [3.63, 3.8) is 0 Å². The van der Waals surface area contributed by atoms with Gasteiger partial charge in [-0.05, 0) is 32.1 Å². The van der Waals surface area contributed by atoms with Crippen LogP contribution in [0.4, 0.5) is 0 Å². The minimum absolute atomic E-state index is 0. The van der Waals surface area contributed by atoms with E-state index >= 15 is 0 Å². The second kappa shape index (κ2) is 10.3. The van der Waals surface area contributed by atoms with Crippen molar-refractivity contribution in [2.75, 3.05) is 26.7 Å². The molecule has 0 spiro atoms. The van der Waals surface area contributed by atoms with Crippen LogP contribution in [0.2, 0.25) is 0 Å². The summed E-state index contributed by atoms with van der Waals surface area (Å²) < 4.78 is 0. The van der Waals surface area contributed by atoms with Crippen LogP contribution in [0.15, 0.2) is 30.3 Å². The Hall–Kier alpha value is -1.59. The molecule has 0 radical (unpaired) electrons. The van der Waals surface area contributed by atoms with Gasteiger partial charge in [-0.1, -0.05) is 18.2 Å². The minimum Gasteiger partial charge on any atom is -0.355 e. The van der Waals surface area contributed by atoms with E-state index in [0.29, 0.717) is 12.1 Å². The van der Waals surface area contributed by atoms with E-state index in [9.17, 15) is 9.59 Å². The fourth-order valence-corrected chi connectivity index (χ4v) is 1.41. The van der Waals surface area contributed by atoms with Crippen LogP contribution < -0.4 is 16.0 Å². The van der Waals surface area contributed by atoms with Crippen molar-refractivity contribution in [1.82, 2.24) is 16.0 Å². The first-order valence-corrected chi connectivity index (χ1v) is 5.98. The molecule has 3 N–H and O–H groups in total. The summed E-state index contributed by atoms with van der Waals surface area (Å²) in [5.74, 6) is -0.406. The van der Waals surface area contributed by atoms with Gasteiger partial charge in [0.15, 0.2) is 0 Å². The maximum atomic E-state index is 11.6. The Kier molecular flexibility index (Phi) is 9.48. The number of carbonyl (C=O) groups excluding carboxylic acids is 2. The summed E-state index contributed by atoms with van der Waals surface area (Å²) in [5, 5.41) is 8.30. The molecular formula is C13H20ClN3O2. The second-order valence-electron chi connectivity index (χ2n) is 3.86. The molecule has 0 fully saturated rings. The molecule has 1 rings (SSSR count).